The number of carbonyl (C=O) groups excluding carboxylic acids is 1. The molecule has 218 valence electrons. The number of halogens is 1. The monoisotopic (exact) mass is 597 g/mol. The summed E-state index contributed by atoms with van der Waals surface area (Å²) in [6, 6.07) is 8.31. The second-order valence-corrected chi connectivity index (χ2v) is 12.3. The molecular formula is C25H33ClN5O8P. The first-order valence-corrected chi connectivity index (χ1v) is 14.4. The Morgan fingerprint density at radius 1 is 1.25 bits per heavy atom. The maximum atomic E-state index is 13.9. The number of ether oxygens (including phenoxy) is 2. The van der Waals surface area contributed by atoms with Crippen LogP contribution in [0.25, 0.3) is 5.52 Å². The molecule has 0 spiro atoms. The van der Waals surface area contributed by atoms with E-state index in [-0.39, 0.29) is 11.6 Å². The van der Waals surface area contributed by atoms with Crippen LogP contribution in [0.1, 0.15) is 40.3 Å². The van der Waals surface area contributed by atoms with E-state index in [1.54, 1.807) is 37.3 Å². The van der Waals surface area contributed by atoms with Crippen molar-refractivity contribution in [3.05, 3.63) is 53.4 Å². The summed E-state index contributed by atoms with van der Waals surface area (Å²) in [5.74, 6) is -0.353. The predicted molar refractivity (Wildman–Crippen MR) is 146 cm³/mol. The summed E-state index contributed by atoms with van der Waals surface area (Å²) in [6.45, 7) is 7.34. The molecule has 15 heteroatoms. The number of nitrogens with zero attached hydrogens (tertiary/aromatic N) is 3. The van der Waals surface area contributed by atoms with Gasteiger partial charge in [0, 0.05) is 5.02 Å². The van der Waals surface area contributed by atoms with Crippen molar-refractivity contribution in [3.63, 3.8) is 0 Å². The summed E-state index contributed by atoms with van der Waals surface area (Å²) in [5, 5.41) is 33.2. The lowest BCUT2D eigenvalue weighted by Gasteiger charge is -2.36. The molecule has 1 aliphatic rings. The van der Waals surface area contributed by atoms with E-state index in [0.29, 0.717) is 16.2 Å². The highest BCUT2D eigenvalue weighted by Gasteiger charge is 2.62. The molecular weight excluding hydrogens is 565 g/mol. The predicted octanol–water partition coefficient (Wildman–Crippen LogP) is 2.82. The topological polar surface area (TPSA) is 180 Å². The van der Waals surface area contributed by atoms with Gasteiger partial charge in [-0.25, -0.2) is 4.57 Å². The number of nitrogens with one attached hydrogen (secondary N) is 1. The van der Waals surface area contributed by atoms with Crippen LogP contribution in [0.15, 0.2) is 42.7 Å². The van der Waals surface area contributed by atoms with E-state index in [4.69, 9.17) is 35.9 Å². The lowest BCUT2D eigenvalue weighted by atomic mass is 9.81. The molecule has 0 amide bonds. The number of aliphatic hydroxyl groups is 2. The van der Waals surface area contributed by atoms with Crippen molar-refractivity contribution < 1.29 is 38.1 Å². The van der Waals surface area contributed by atoms with Gasteiger partial charge in [0.25, 0.3) is 0 Å². The van der Waals surface area contributed by atoms with Crippen LogP contribution in [0.3, 0.4) is 0 Å². The van der Waals surface area contributed by atoms with Crippen LogP contribution in [-0.4, -0.2) is 67.3 Å². The Labute approximate surface area is 236 Å². The Bertz CT molecular complexity index is 1420. The number of aromatic nitrogens is 3. The highest BCUT2D eigenvalue weighted by molar-refractivity contribution is 7.52. The van der Waals surface area contributed by atoms with Crippen LogP contribution in [0.4, 0.5) is 5.82 Å². The summed E-state index contributed by atoms with van der Waals surface area (Å²) < 4.78 is 38.2. The number of nitrogen functional groups attached to an aromatic ring is 1. The smallest absolute Gasteiger partial charge is 0.459 e. The minimum atomic E-state index is -4.28. The number of fused-ring (bicyclic) bond motifs is 1. The van der Waals surface area contributed by atoms with E-state index in [9.17, 15) is 19.6 Å². The van der Waals surface area contributed by atoms with E-state index < -0.39 is 55.9 Å². The molecule has 4 rings (SSSR count). The molecule has 40 heavy (non-hydrogen) atoms. The summed E-state index contributed by atoms with van der Waals surface area (Å²) in [7, 11) is -4.28. The zero-order valence-corrected chi connectivity index (χ0v) is 24.3. The van der Waals surface area contributed by atoms with Gasteiger partial charge in [-0.05, 0) is 71.0 Å². The van der Waals surface area contributed by atoms with Gasteiger partial charge in [-0.3, -0.25) is 13.7 Å². The van der Waals surface area contributed by atoms with E-state index in [2.05, 4.69) is 15.3 Å². The van der Waals surface area contributed by atoms with E-state index in [1.165, 1.54) is 44.4 Å². The van der Waals surface area contributed by atoms with Gasteiger partial charge in [-0.1, -0.05) is 11.6 Å². The average Bonchev–Trinajstić information content (AvgIpc) is 3.39. The molecule has 0 saturated carbocycles. The third kappa shape index (κ3) is 5.82. The molecule has 6 atom stereocenters. The molecule has 3 heterocycles. The Morgan fingerprint density at radius 2 is 1.93 bits per heavy atom. The van der Waals surface area contributed by atoms with E-state index in [0.717, 1.165) is 0 Å². The summed E-state index contributed by atoms with van der Waals surface area (Å²) >= 11 is 5.94. The second-order valence-electron chi connectivity index (χ2n) is 10.1. The Morgan fingerprint density at radius 3 is 2.58 bits per heavy atom. The van der Waals surface area contributed by atoms with Crippen molar-refractivity contribution in [1.29, 1.82) is 0 Å². The van der Waals surface area contributed by atoms with Gasteiger partial charge in [0.2, 0.25) is 0 Å². The summed E-state index contributed by atoms with van der Waals surface area (Å²) in [6.07, 6.45) is -1.64. The Balaban J connectivity index is 1.58. The third-order valence-corrected chi connectivity index (χ3v) is 8.68. The maximum absolute atomic E-state index is 13.9. The first kappa shape index (κ1) is 30.2. The molecule has 3 aromatic rings. The standard InChI is InChI=1S/C25H33ClN5O8P/c1-14(2)37-23(33)15(3)30-40(35,39-17-8-6-16(26)7-9-17)36-12-19-21(32)24(4,34)25(5,38-19)20-11-10-18-22(27)29-28-13-31(18)20/h6-11,13-15,19,21,32,34H,12H2,1-5H3,(H2,27,29)(H,30,35)/t15-,19+,21+,24+,25-,40?/m0/s1. The summed E-state index contributed by atoms with van der Waals surface area (Å²) in [5.41, 5.74) is 3.59. The molecule has 1 fully saturated rings. The lowest BCUT2D eigenvalue weighted by Crippen LogP contribution is -2.51. The van der Waals surface area contributed by atoms with Crippen LogP contribution < -0.4 is 15.3 Å². The molecule has 0 radical (unpaired) electrons. The number of hydrogen-bond acceptors (Lipinski definition) is 11. The quantitative estimate of drug-likeness (QED) is 0.198. The molecule has 1 aliphatic heterocycles. The number of anilines is 1. The van der Waals surface area contributed by atoms with Gasteiger partial charge in [-0.2, -0.15) is 5.09 Å². The number of nitrogens with two attached hydrogens (primary N) is 1. The Hall–Kier alpha value is -2.77. The number of aliphatic hydroxyl groups excluding tert-OH is 1. The minimum absolute atomic E-state index is 0.146. The van der Waals surface area contributed by atoms with Crippen LogP contribution in [0, 0.1) is 0 Å². The van der Waals surface area contributed by atoms with Gasteiger partial charge >= 0.3 is 13.7 Å². The van der Waals surface area contributed by atoms with Crippen molar-refractivity contribution in [2.24, 2.45) is 0 Å². The van der Waals surface area contributed by atoms with Gasteiger partial charge in [-0.15, -0.1) is 10.2 Å². The van der Waals surface area contributed by atoms with Crippen LogP contribution in [-0.2, 0) is 29.0 Å². The molecule has 2 aromatic heterocycles. The SMILES string of the molecule is CC(C)OC(=O)[C@H](C)NP(=O)(OC[C@H]1O[C@@](C)(c2ccc3c(N)nncn23)[C@](C)(O)[C@@H]1O)Oc1ccc(Cl)cc1. The fourth-order valence-corrected chi connectivity index (χ4v) is 6.08. The molecule has 5 N–H and O–H groups in total. The van der Waals surface area contributed by atoms with Crippen molar-refractivity contribution in [1.82, 2.24) is 19.7 Å². The zero-order valence-electron chi connectivity index (χ0n) is 22.6. The average molecular weight is 598 g/mol. The van der Waals surface area contributed by atoms with E-state index >= 15 is 0 Å². The molecule has 1 unspecified atom stereocenters. The maximum Gasteiger partial charge on any atom is 0.459 e. The third-order valence-electron chi connectivity index (χ3n) is 6.79. The molecule has 0 bridgehead atoms. The van der Waals surface area contributed by atoms with Gasteiger partial charge in [0.05, 0.1) is 23.9 Å². The molecule has 0 aliphatic carbocycles. The highest BCUT2D eigenvalue weighted by atomic mass is 35.5. The number of benzene rings is 1. The van der Waals surface area contributed by atoms with Crippen LogP contribution in [0.2, 0.25) is 5.02 Å². The van der Waals surface area contributed by atoms with Crippen molar-refractivity contribution >= 4 is 36.7 Å². The largest absolute Gasteiger partial charge is 0.462 e. The number of carbonyl (C=O) groups is 1. The van der Waals surface area contributed by atoms with Crippen LogP contribution >= 0.6 is 19.3 Å². The van der Waals surface area contributed by atoms with Gasteiger partial charge in [0.1, 0.15) is 41.5 Å². The van der Waals surface area contributed by atoms with Crippen LogP contribution in [0.5, 0.6) is 5.75 Å². The Kier molecular flexibility index (Phi) is 8.49. The van der Waals surface area contributed by atoms with Crippen molar-refractivity contribution in [3.8, 4) is 5.75 Å². The summed E-state index contributed by atoms with van der Waals surface area (Å²) in [4.78, 5) is 12.4. The van der Waals surface area contributed by atoms with Crippen molar-refractivity contribution in [2.75, 3.05) is 12.3 Å². The first-order valence-electron chi connectivity index (χ1n) is 12.5. The van der Waals surface area contributed by atoms with Gasteiger partial charge in [0.15, 0.2) is 5.82 Å². The highest BCUT2D eigenvalue weighted by Crippen LogP contribution is 2.50. The fourth-order valence-electron chi connectivity index (χ4n) is 4.46. The number of esters is 1. The molecule has 1 saturated heterocycles. The molecule has 13 nitrogen and oxygen atoms in total. The van der Waals surface area contributed by atoms with Crippen molar-refractivity contribution in [2.45, 2.75) is 70.2 Å². The first-order chi connectivity index (χ1) is 18.7. The zero-order chi connectivity index (χ0) is 29.5. The normalized spacial score (nSPS) is 27.0. The van der Waals surface area contributed by atoms with Gasteiger partial charge < -0.3 is 29.9 Å². The van der Waals surface area contributed by atoms with E-state index in [1.807, 2.05) is 0 Å². The number of rotatable bonds is 10. The fraction of sp³-hybridized carbons (Fsp3) is 0.480. The number of hydrogen-bond donors (Lipinski definition) is 4. The minimum Gasteiger partial charge on any atom is -0.462 e. The molecule has 1 aromatic carbocycles. The lowest BCUT2D eigenvalue weighted by molar-refractivity contribution is -0.149. The second kappa shape index (κ2) is 11.2.